The molecule has 0 saturated heterocycles. The molecule has 17 heavy (non-hydrogen) atoms. The van der Waals surface area contributed by atoms with E-state index < -0.39 is 0 Å². The molecule has 1 saturated carbocycles. The van der Waals surface area contributed by atoms with E-state index >= 15 is 0 Å². The van der Waals surface area contributed by atoms with E-state index in [1.54, 1.807) is 0 Å². The summed E-state index contributed by atoms with van der Waals surface area (Å²) in [5.74, 6) is 2.17. The zero-order chi connectivity index (χ0) is 11.8. The van der Waals surface area contributed by atoms with Crippen molar-refractivity contribution < 1.29 is 0 Å². The van der Waals surface area contributed by atoms with Crippen LogP contribution >= 0.6 is 0 Å². The maximum atomic E-state index is 4.85. The number of hydrogen-bond acceptors (Lipinski definition) is 2. The zero-order valence-corrected chi connectivity index (χ0v) is 11.0. The van der Waals surface area contributed by atoms with Gasteiger partial charge in [0.25, 0.3) is 0 Å². The first kappa shape index (κ1) is 11.1. The zero-order valence-electron chi connectivity index (χ0n) is 11.0. The van der Waals surface area contributed by atoms with Gasteiger partial charge in [0.05, 0.1) is 11.7 Å². The van der Waals surface area contributed by atoms with Crippen molar-refractivity contribution >= 4 is 5.82 Å². The lowest BCUT2D eigenvalue weighted by atomic mass is 9.94. The van der Waals surface area contributed by atoms with Crippen molar-refractivity contribution in [1.29, 1.82) is 0 Å². The third-order valence-corrected chi connectivity index (χ3v) is 4.57. The van der Waals surface area contributed by atoms with Crippen LogP contribution in [0.1, 0.15) is 56.3 Å². The average Bonchev–Trinajstić information content (AvgIpc) is 2.97. The molecule has 3 heteroatoms. The van der Waals surface area contributed by atoms with Crippen molar-refractivity contribution in [2.24, 2.45) is 5.92 Å². The fraction of sp³-hybridized carbons (Fsp3) is 0.786. The normalized spacial score (nSPS) is 24.7. The topological polar surface area (TPSA) is 29.9 Å². The third-order valence-electron chi connectivity index (χ3n) is 4.57. The number of nitrogens with zero attached hydrogens (tertiary/aromatic N) is 2. The second-order valence-corrected chi connectivity index (χ2v) is 5.55. The minimum atomic E-state index is 0.660. The summed E-state index contributed by atoms with van der Waals surface area (Å²) in [7, 11) is 0. The number of nitrogens with one attached hydrogen (secondary N) is 1. The number of anilines is 1. The maximum Gasteiger partial charge on any atom is 0.127 e. The van der Waals surface area contributed by atoms with Crippen LogP contribution in [0, 0.1) is 12.8 Å². The summed E-state index contributed by atoms with van der Waals surface area (Å²) >= 11 is 0. The van der Waals surface area contributed by atoms with Gasteiger partial charge in [0.2, 0.25) is 0 Å². The van der Waals surface area contributed by atoms with Crippen LogP contribution in [0.4, 0.5) is 5.82 Å². The highest BCUT2D eigenvalue weighted by Crippen LogP contribution is 2.40. The molecule has 1 N–H and O–H groups in total. The van der Waals surface area contributed by atoms with E-state index in [1.807, 2.05) is 0 Å². The lowest BCUT2D eigenvalue weighted by molar-refractivity contribution is 0.289. The maximum absolute atomic E-state index is 4.85. The van der Waals surface area contributed by atoms with E-state index in [4.69, 9.17) is 5.10 Å². The number of hydrogen-bond donors (Lipinski definition) is 1. The smallest absolute Gasteiger partial charge is 0.127 e. The molecular weight excluding hydrogens is 210 g/mol. The first-order valence-corrected chi connectivity index (χ1v) is 7.13. The van der Waals surface area contributed by atoms with Gasteiger partial charge in [0, 0.05) is 12.1 Å². The lowest BCUT2D eigenvalue weighted by Crippen LogP contribution is -2.28. The molecule has 1 aromatic heterocycles. The standard InChI is InChI=1S/C14H23N3/c1-3-12-10(2)14-15-9-8-13(17(14)16-12)11-6-4-5-7-11/h11,13,15H,3-9H2,1-2H3. The number of rotatable bonds is 2. The van der Waals surface area contributed by atoms with Crippen molar-refractivity contribution in [2.45, 2.75) is 58.4 Å². The molecule has 1 aromatic rings. The number of aromatic nitrogens is 2. The number of fused-ring (bicyclic) bond motifs is 1. The number of aryl methyl sites for hydroxylation is 1. The Kier molecular flexibility index (Phi) is 2.85. The molecule has 1 aliphatic heterocycles. The van der Waals surface area contributed by atoms with Gasteiger partial charge in [0.15, 0.2) is 0 Å². The van der Waals surface area contributed by atoms with E-state index in [0.717, 1.165) is 18.9 Å². The van der Waals surface area contributed by atoms with Crippen molar-refractivity contribution in [2.75, 3.05) is 11.9 Å². The van der Waals surface area contributed by atoms with Crippen LogP contribution in [-0.2, 0) is 6.42 Å². The minimum absolute atomic E-state index is 0.660. The Morgan fingerprint density at radius 3 is 2.76 bits per heavy atom. The summed E-state index contributed by atoms with van der Waals surface area (Å²) in [6.45, 7) is 5.53. The molecule has 3 nitrogen and oxygen atoms in total. The van der Waals surface area contributed by atoms with Crippen molar-refractivity contribution in [3.05, 3.63) is 11.3 Å². The monoisotopic (exact) mass is 233 g/mol. The Morgan fingerprint density at radius 1 is 1.29 bits per heavy atom. The van der Waals surface area contributed by atoms with Crippen LogP contribution in [0.3, 0.4) is 0 Å². The average molecular weight is 233 g/mol. The molecule has 1 fully saturated rings. The molecule has 0 aromatic carbocycles. The molecule has 2 heterocycles. The van der Waals surface area contributed by atoms with Gasteiger partial charge in [-0.15, -0.1) is 0 Å². The van der Waals surface area contributed by atoms with E-state index in [2.05, 4.69) is 23.8 Å². The van der Waals surface area contributed by atoms with E-state index in [1.165, 1.54) is 49.2 Å². The molecule has 0 amide bonds. The predicted molar refractivity (Wildman–Crippen MR) is 70.4 cm³/mol. The predicted octanol–water partition coefficient (Wildman–Crippen LogP) is 3.30. The summed E-state index contributed by atoms with van der Waals surface area (Å²) < 4.78 is 2.31. The molecule has 94 valence electrons. The highest BCUT2D eigenvalue weighted by atomic mass is 15.4. The van der Waals surface area contributed by atoms with Gasteiger partial charge in [-0.2, -0.15) is 5.10 Å². The Hall–Kier alpha value is -0.990. The fourth-order valence-corrected chi connectivity index (χ4v) is 3.59. The Labute approximate surface area is 104 Å². The third kappa shape index (κ3) is 1.76. The molecule has 1 atom stereocenters. The quantitative estimate of drug-likeness (QED) is 0.849. The summed E-state index contributed by atoms with van der Waals surface area (Å²) in [6, 6.07) is 0.660. The summed E-state index contributed by atoms with van der Waals surface area (Å²) in [5, 5.41) is 8.39. The van der Waals surface area contributed by atoms with E-state index in [0.29, 0.717) is 6.04 Å². The summed E-state index contributed by atoms with van der Waals surface area (Å²) in [5.41, 5.74) is 2.65. The molecule has 2 aliphatic rings. The largest absolute Gasteiger partial charge is 0.370 e. The first-order valence-electron chi connectivity index (χ1n) is 7.13. The fourth-order valence-electron chi connectivity index (χ4n) is 3.59. The highest BCUT2D eigenvalue weighted by molar-refractivity contribution is 5.48. The van der Waals surface area contributed by atoms with Crippen LogP contribution in [0.15, 0.2) is 0 Å². The van der Waals surface area contributed by atoms with Gasteiger partial charge in [-0.1, -0.05) is 19.8 Å². The van der Waals surface area contributed by atoms with Crippen LogP contribution in [0.25, 0.3) is 0 Å². The molecule has 3 rings (SSSR count). The molecule has 0 bridgehead atoms. The van der Waals surface area contributed by atoms with Crippen LogP contribution in [-0.4, -0.2) is 16.3 Å². The molecular formula is C14H23N3. The second-order valence-electron chi connectivity index (χ2n) is 5.55. The van der Waals surface area contributed by atoms with E-state index in [-0.39, 0.29) is 0 Å². The van der Waals surface area contributed by atoms with Crippen LogP contribution in [0.5, 0.6) is 0 Å². The SMILES string of the molecule is CCc1nn2c(c1C)NCCC2C1CCCC1. The van der Waals surface area contributed by atoms with Gasteiger partial charge in [-0.05, 0) is 38.5 Å². The highest BCUT2D eigenvalue weighted by Gasteiger charge is 2.31. The Bertz CT molecular complexity index is 402. The van der Waals surface area contributed by atoms with Crippen molar-refractivity contribution in [3.63, 3.8) is 0 Å². The molecule has 0 spiro atoms. The summed E-state index contributed by atoms with van der Waals surface area (Å²) in [6.07, 6.45) is 7.96. The lowest BCUT2D eigenvalue weighted by Gasteiger charge is -2.30. The van der Waals surface area contributed by atoms with Crippen molar-refractivity contribution in [3.8, 4) is 0 Å². The Balaban J connectivity index is 1.95. The molecule has 1 aliphatic carbocycles. The Morgan fingerprint density at radius 2 is 2.06 bits per heavy atom. The van der Waals surface area contributed by atoms with Gasteiger partial charge >= 0.3 is 0 Å². The van der Waals surface area contributed by atoms with E-state index in [9.17, 15) is 0 Å². The first-order chi connectivity index (χ1) is 8.31. The van der Waals surface area contributed by atoms with Gasteiger partial charge < -0.3 is 5.32 Å². The van der Waals surface area contributed by atoms with Gasteiger partial charge in [-0.25, -0.2) is 4.68 Å². The summed E-state index contributed by atoms with van der Waals surface area (Å²) in [4.78, 5) is 0. The molecule has 1 unspecified atom stereocenters. The van der Waals surface area contributed by atoms with Gasteiger partial charge in [0.1, 0.15) is 5.82 Å². The van der Waals surface area contributed by atoms with Crippen LogP contribution < -0.4 is 5.32 Å². The molecule has 0 radical (unpaired) electrons. The van der Waals surface area contributed by atoms with Crippen LogP contribution in [0.2, 0.25) is 0 Å². The van der Waals surface area contributed by atoms with Crippen molar-refractivity contribution in [1.82, 2.24) is 9.78 Å². The minimum Gasteiger partial charge on any atom is -0.370 e. The van der Waals surface area contributed by atoms with Gasteiger partial charge in [-0.3, -0.25) is 0 Å². The second kappa shape index (κ2) is 4.35.